The quantitative estimate of drug-likeness (QED) is 0.0534. The van der Waals surface area contributed by atoms with Gasteiger partial charge in [-0.25, -0.2) is 25.3 Å². The molecule has 1 heterocycles. The van der Waals surface area contributed by atoms with Crippen molar-refractivity contribution < 1.29 is 159 Å². The molecule has 13 N–H and O–H groups in total. The van der Waals surface area contributed by atoms with Crippen LogP contribution in [-0.4, -0.2) is 194 Å². The van der Waals surface area contributed by atoms with Crippen LogP contribution in [0.2, 0.25) is 0 Å². The second-order valence-electron chi connectivity index (χ2n) is 18.6. The third-order valence-corrected chi connectivity index (χ3v) is 13.7. The first-order valence-corrected chi connectivity index (χ1v) is 29.3. The van der Waals surface area contributed by atoms with Crippen LogP contribution in [-0.2, 0) is 55.0 Å². The fourth-order valence-corrected chi connectivity index (χ4v) is 7.47. The molecule has 0 unspecified atom stereocenters. The summed E-state index contributed by atoms with van der Waals surface area (Å²) in [6.07, 6.45) is 0. The molecule has 4 atom stereocenters. The van der Waals surface area contributed by atoms with Crippen LogP contribution in [0.5, 0.6) is 0 Å². The molecule has 4 aromatic carbocycles. The molecule has 25 nitrogen and oxygen atoms in total. The Morgan fingerprint density at radius 1 is 0.371 bits per heavy atom. The molecule has 1 aliphatic heterocycles. The monoisotopic (exact) mass is 1490 g/mol. The van der Waals surface area contributed by atoms with Crippen molar-refractivity contribution in [1.29, 1.82) is 0 Å². The van der Waals surface area contributed by atoms with Gasteiger partial charge in [0.2, 0.25) is 23.6 Å². The minimum absolute atomic E-state index is 0. The molecule has 1 saturated heterocycles. The van der Waals surface area contributed by atoms with Gasteiger partial charge < -0.3 is 56.8 Å². The third-order valence-electron chi connectivity index (χ3n) is 12.0. The molecule has 0 bridgehead atoms. The SMILES string of the molecule is C[C@@H](NC(=O)CN1CCN(CC(=O)N[C@H](C)c2ccccc2)CCN(CC(=O)N[C@H](C)c2ccccc2)CCN(CC(=O)N[C@H](C)c2ccccc2)CC1)c1ccccc1.O.O.O.O=S(=O)([O-])C(F)(F)F.O=S(=O)([O-])C(F)(F)F.O=S(=O)([O-])C(F)(F)F.[Gd+3].[OH3+]. The van der Waals surface area contributed by atoms with E-state index in [2.05, 4.69) is 40.9 Å². The minimum atomic E-state index is -6.09. The van der Waals surface area contributed by atoms with Gasteiger partial charge in [-0.1, -0.05) is 121 Å². The van der Waals surface area contributed by atoms with Crippen molar-refractivity contribution in [3.05, 3.63) is 144 Å². The molecule has 0 aromatic heterocycles. The fraction of sp³-hybridized carbons (Fsp3) is 0.451. The Labute approximate surface area is 541 Å². The maximum absolute atomic E-state index is 13.6. The molecule has 0 spiro atoms. The van der Waals surface area contributed by atoms with Crippen LogP contribution < -0.4 is 21.3 Å². The first kappa shape index (κ1) is 90.3. The zero-order valence-electron chi connectivity index (χ0n) is 48.0. The molecule has 0 aliphatic carbocycles. The Balaban J connectivity index is -0.00000105. The third kappa shape index (κ3) is 36.5. The standard InChI is InChI=1S/C48H64N8O4.3CHF3O3S.Gd.4H2O/c1-37(41-17-9-5-10-18-41)49-45(57)33-53-25-27-54(34-46(58)50-38(2)42-19-11-6-12-20-42)29-31-56(36-48(60)52-40(4)44-23-15-8-16-24-44)32-30-55(28-26-53)35-47(59)51-39(3)43-21-13-7-14-22-43;3*2-1(3,4)8(5,6)7;;;;;/h5-24,37-40H,25-36H2,1-4H3,(H,49,57)(H,50,58)(H,51,59)(H,52,60);3*(H,5,6,7);;4*1H2/q;;;;+3;;;;/p-2/t37-,38-,39-,40-;;;;;;;;/m1......../s1. The van der Waals surface area contributed by atoms with E-state index in [1.165, 1.54) is 0 Å². The Hall–Kier alpha value is -5.14. The van der Waals surface area contributed by atoms with Crippen LogP contribution in [0.4, 0.5) is 39.5 Å². The Kier molecular flexibility index (Phi) is 42.7. The van der Waals surface area contributed by atoms with Gasteiger partial charge in [-0.3, -0.25) is 38.8 Å². The maximum Gasteiger partial charge on any atom is 3.00 e. The molecule has 5 rings (SSSR count). The molecule has 507 valence electrons. The van der Waals surface area contributed by atoms with Crippen LogP contribution in [0.15, 0.2) is 121 Å². The predicted octanol–water partition coefficient (Wildman–Crippen LogP) is 1.48. The number of hydrogen-bond donors (Lipinski definition) is 4. The number of nitrogens with one attached hydrogen (secondary N) is 4. The second-order valence-corrected chi connectivity index (χ2v) is 22.7. The van der Waals surface area contributed by atoms with Crippen molar-refractivity contribution in [3.8, 4) is 0 Å². The van der Waals surface area contributed by atoms with E-state index in [0.717, 1.165) is 22.3 Å². The molecule has 1 aliphatic rings. The van der Waals surface area contributed by atoms with Crippen LogP contribution >= 0.6 is 0 Å². The van der Waals surface area contributed by atoms with Gasteiger partial charge in [0.05, 0.1) is 50.3 Å². The zero-order chi connectivity index (χ0) is 63.7. The summed E-state index contributed by atoms with van der Waals surface area (Å²) < 4.78 is 177. The van der Waals surface area contributed by atoms with Crippen molar-refractivity contribution in [2.45, 2.75) is 68.4 Å². The number of rotatable bonds is 16. The van der Waals surface area contributed by atoms with Crippen LogP contribution in [0.1, 0.15) is 74.1 Å². The number of nitrogens with zero attached hydrogens (tertiary/aromatic N) is 4. The summed E-state index contributed by atoms with van der Waals surface area (Å²) in [5, 5.41) is 12.6. The van der Waals surface area contributed by atoms with Gasteiger partial charge in [-0.05, 0) is 49.9 Å². The molecular weight excluding hydrogens is 1420 g/mol. The van der Waals surface area contributed by atoms with Crippen molar-refractivity contribution in [2.75, 3.05) is 78.5 Å². The van der Waals surface area contributed by atoms with E-state index in [0.29, 0.717) is 52.4 Å². The largest absolute Gasteiger partial charge is 3.00 e. The Morgan fingerprint density at radius 3 is 0.607 bits per heavy atom. The molecule has 38 heteroatoms. The normalized spacial score (nSPS) is 15.3. The van der Waals surface area contributed by atoms with E-state index in [9.17, 15) is 58.7 Å². The van der Waals surface area contributed by atoms with Crippen LogP contribution in [0.25, 0.3) is 0 Å². The number of amides is 4. The molecule has 1 radical (unpaired) electrons. The van der Waals surface area contributed by atoms with E-state index in [1.54, 1.807) is 0 Å². The van der Waals surface area contributed by atoms with Gasteiger partial charge in [0.15, 0.2) is 30.4 Å². The first-order valence-electron chi connectivity index (χ1n) is 25.1. The average molecular weight is 1490 g/mol. The average Bonchev–Trinajstić information content (AvgIpc) is 3.56. The van der Waals surface area contributed by atoms with Crippen molar-refractivity contribution in [2.24, 2.45) is 0 Å². The number of carbonyl (C=O) groups excluding carboxylic acids is 4. The predicted molar refractivity (Wildman–Crippen MR) is 301 cm³/mol. The van der Waals surface area contributed by atoms with Gasteiger partial charge in [0, 0.05) is 52.4 Å². The number of alkyl halides is 9. The molecular formula is C51H73F9GdN8O17S3+. The summed E-state index contributed by atoms with van der Waals surface area (Å²) in [5.41, 5.74) is -12.8. The van der Waals surface area contributed by atoms with Crippen LogP contribution in [0, 0.1) is 39.9 Å². The first-order chi connectivity index (χ1) is 38.8. The Morgan fingerprint density at radius 2 is 0.494 bits per heavy atom. The van der Waals surface area contributed by atoms with Crippen molar-refractivity contribution in [3.63, 3.8) is 0 Å². The summed E-state index contributed by atoms with van der Waals surface area (Å²) in [4.78, 5) is 62.7. The van der Waals surface area contributed by atoms with E-state index < -0.39 is 46.9 Å². The summed E-state index contributed by atoms with van der Waals surface area (Å²) in [6.45, 7) is 12.8. The number of benzene rings is 4. The zero-order valence-corrected chi connectivity index (χ0v) is 52.7. The van der Waals surface area contributed by atoms with E-state index in [-0.39, 0.29) is 136 Å². The fourth-order valence-electron chi connectivity index (χ4n) is 7.47. The summed E-state index contributed by atoms with van der Waals surface area (Å²) >= 11 is 0. The summed E-state index contributed by atoms with van der Waals surface area (Å²) in [7, 11) is -18.3. The topological polar surface area (TPSA) is 428 Å². The molecule has 89 heavy (non-hydrogen) atoms. The molecule has 0 saturated carbocycles. The summed E-state index contributed by atoms with van der Waals surface area (Å²) in [6, 6.07) is 38.9. The van der Waals surface area contributed by atoms with Gasteiger partial charge in [0.25, 0.3) is 0 Å². The molecule has 4 amide bonds. The van der Waals surface area contributed by atoms with Crippen molar-refractivity contribution in [1.82, 2.24) is 40.9 Å². The van der Waals surface area contributed by atoms with Gasteiger partial charge >= 0.3 is 56.5 Å². The van der Waals surface area contributed by atoms with E-state index >= 15 is 0 Å². The minimum Gasteiger partial charge on any atom is -0.741 e. The molecule has 1 fully saturated rings. The Bertz CT molecular complexity index is 2620. The van der Waals surface area contributed by atoms with Gasteiger partial charge in [-0.15, -0.1) is 0 Å². The smallest absolute Gasteiger partial charge is 0.741 e. The number of halogens is 9. The van der Waals surface area contributed by atoms with Gasteiger partial charge in [-0.2, -0.15) is 39.5 Å². The number of hydrogen-bond acceptors (Lipinski definition) is 17. The maximum atomic E-state index is 13.6. The second kappa shape index (κ2) is 42.1. The van der Waals surface area contributed by atoms with Gasteiger partial charge in [0.1, 0.15) is 0 Å². The van der Waals surface area contributed by atoms with Crippen molar-refractivity contribution >= 4 is 54.0 Å². The van der Waals surface area contributed by atoms with Crippen LogP contribution in [0.3, 0.4) is 0 Å². The summed E-state index contributed by atoms with van der Waals surface area (Å²) in [5.74, 6) is -0.380. The number of carbonyl (C=O) groups is 4. The molecule has 4 aromatic rings. The van der Waals surface area contributed by atoms with E-state index in [1.807, 2.05) is 149 Å². The van der Waals surface area contributed by atoms with E-state index in [4.69, 9.17) is 38.9 Å².